The van der Waals surface area contributed by atoms with Crippen molar-refractivity contribution < 1.29 is 19.5 Å². The molecule has 6 nitrogen and oxygen atoms in total. The second-order valence-electron chi connectivity index (χ2n) is 6.01. The van der Waals surface area contributed by atoms with E-state index < -0.39 is 5.97 Å². The highest BCUT2D eigenvalue weighted by atomic mass is 16.4. The smallest absolute Gasteiger partial charge is 0.323 e. The normalized spacial score (nSPS) is 19.0. The Bertz CT molecular complexity index is 597. The summed E-state index contributed by atoms with van der Waals surface area (Å²) < 4.78 is 0. The minimum Gasteiger partial charge on any atom is -0.480 e. The van der Waals surface area contributed by atoms with E-state index in [0.29, 0.717) is 30.1 Å². The predicted octanol–water partition coefficient (Wildman–Crippen LogP) is 2.22. The summed E-state index contributed by atoms with van der Waals surface area (Å²) in [5.74, 6) is -0.811. The van der Waals surface area contributed by atoms with Gasteiger partial charge in [-0.15, -0.1) is 0 Å². The number of anilines is 1. The van der Waals surface area contributed by atoms with Crippen LogP contribution in [-0.2, 0) is 9.59 Å². The van der Waals surface area contributed by atoms with Gasteiger partial charge in [-0.1, -0.05) is 13.8 Å². The molecule has 0 radical (unpaired) electrons. The second-order valence-corrected chi connectivity index (χ2v) is 6.01. The molecular formula is C17H22N2O4. The lowest BCUT2D eigenvalue weighted by Gasteiger charge is -2.20. The highest BCUT2D eigenvalue weighted by Crippen LogP contribution is 2.38. The first-order valence-corrected chi connectivity index (χ1v) is 7.84. The number of carbonyl (C=O) groups excluding carboxylic acids is 2. The topological polar surface area (TPSA) is 86.7 Å². The number of carboxylic acids is 1. The van der Waals surface area contributed by atoms with Gasteiger partial charge in [0.1, 0.15) is 6.54 Å². The van der Waals surface area contributed by atoms with Gasteiger partial charge in [-0.2, -0.15) is 0 Å². The van der Waals surface area contributed by atoms with Crippen LogP contribution in [0.5, 0.6) is 0 Å². The number of carboxylic acid groups (broad SMARTS) is 1. The summed E-state index contributed by atoms with van der Waals surface area (Å²) in [5, 5.41) is 11.7. The minimum absolute atomic E-state index is 0.00932. The summed E-state index contributed by atoms with van der Waals surface area (Å²) >= 11 is 0. The number of nitrogens with one attached hydrogen (secondary N) is 1. The van der Waals surface area contributed by atoms with E-state index >= 15 is 0 Å². The summed E-state index contributed by atoms with van der Waals surface area (Å²) in [7, 11) is 0. The Labute approximate surface area is 135 Å². The molecule has 1 aliphatic carbocycles. The lowest BCUT2D eigenvalue weighted by molar-refractivity contribution is -0.137. The number of aliphatic carboxylic acids is 1. The van der Waals surface area contributed by atoms with Gasteiger partial charge in [0.05, 0.1) is 0 Å². The molecule has 0 saturated heterocycles. The number of nitrogens with zero attached hydrogens (tertiary/aromatic N) is 1. The first-order valence-electron chi connectivity index (χ1n) is 7.84. The number of carbonyl (C=O) groups is 3. The molecule has 1 aliphatic rings. The third-order valence-corrected chi connectivity index (χ3v) is 3.95. The van der Waals surface area contributed by atoms with Gasteiger partial charge in [0, 0.05) is 23.7 Å². The fraction of sp³-hybridized carbons (Fsp3) is 0.471. The second kappa shape index (κ2) is 7.26. The van der Waals surface area contributed by atoms with Crippen LogP contribution in [0.15, 0.2) is 24.3 Å². The zero-order valence-corrected chi connectivity index (χ0v) is 13.4. The van der Waals surface area contributed by atoms with E-state index in [1.807, 2.05) is 13.8 Å². The van der Waals surface area contributed by atoms with Gasteiger partial charge in [0.25, 0.3) is 5.91 Å². The van der Waals surface area contributed by atoms with Crippen LogP contribution >= 0.6 is 0 Å². The maximum absolute atomic E-state index is 12.3. The lowest BCUT2D eigenvalue weighted by Crippen LogP contribution is -2.36. The van der Waals surface area contributed by atoms with Gasteiger partial charge in [0.15, 0.2) is 0 Å². The van der Waals surface area contributed by atoms with E-state index in [4.69, 9.17) is 5.11 Å². The molecule has 2 amide bonds. The van der Waals surface area contributed by atoms with Crippen LogP contribution in [0.3, 0.4) is 0 Å². The van der Waals surface area contributed by atoms with Gasteiger partial charge in [-0.25, -0.2) is 0 Å². The molecule has 1 fully saturated rings. The summed E-state index contributed by atoms with van der Waals surface area (Å²) in [6, 6.07) is 6.56. The molecule has 2 N–H and O–H groups in total. The molecule has 1 aromatic carbocycles. The largest absolute Gasteiger partial charge is 0.480 e. The molecule has 0 bridgehead atoms. The molecule has 23 heavy (non-hydrogen) atoms. The number of amides is 2. The molecule has 6 heteroatoms. The Balaban J connectivity index is 2.00. The summed E-state index contributed by atoms with van der Waals surface area (Å²) in [4.78, 5) is 36.4. The van der Waals surface area contributed by atoms with Gasteiger partial charge in [-0.3, -0.25) is 14.4 Å². The van der Waals surface area contributed by atoms with E-state index in [2.05, 4.69) is 5.32 Å². The molecule has 124 valence electrons. The van der Waals surface area contributed by atoms with Crippen LogP contribution in [0.1, 0.15) is 37.0 Å². The SMILES string of the molecule is CCCN(CC(=O)O)C(=O)c1ccc(NC(=O)[C@@H]2C[C@@H]2C)cc1. The standard InChI is InChI=1S/C17H22N2O4/c1-3-8-19(10-15(20)21)17(23)12-4-6-13(7-5-12)18-16(22)14-9-11(14)2/h4-7,11,14H,3,8-10H2,1-2H3,(H,18,22)(H,20,21)/t11-,14+/m0/s1. The molecule has 0 aromatic heterocycles. The Kier molecular flexibility index (Phi) is 5.36. The molecule has 1 saturated carbocycles. The van der Waals surface area contributed by atoms with Gasteiger partial charge >= 0.3 is 5.97 Å². The van der Waals surface area contributed by atoms with Crippen molar-refractivity contribution >= 4 is 23.5 Å². The molecule has 0 unspecified atom stereocenters. The number of rotatable bonds is 7. The summed E-state index contributed by atoms with van der Waals surface area (Å²) in [6.07, 6.45) is 1.61. The predicted molar refractivity (Wildman–Crippen MR) is 86.2 cm³/mol. The average Bonchev–Trinajstić information content (AvgIpc) is 3.23. The van der Waals surface area contributed by atoms with Crippen molar-refractivity contribution in [2.75, 3.05) is 18.4 Å². The maximum atomic E-state index is 12.3. The first kappa shape index (κ1) is 17.0. The average molecular weight is 318 g/mol. The van der Waals surface area contributed by atoms with Gasteiger partial charge in [0.2, 0.25) is 5.91 Å². The van der Waals surface area contributed by atoms with Crippen LogP contribution < -0.4 is 5.32 Å². The van der Waals surface area contributed by atoms with Crippen molar-refractivity contribution in [1.29, 1.82) is 0 Å². The molecule has 0 aliphatic heterocycles. The van der Waals surface area contributed by atoms with Crippen molar-refractivity contribution in [3.63, 3.8) is 0 Å². The van der Waals surface area contributed by atoms with Crippen molar-refractivity contribution in [3.05, 3.63) is 29.8 Å². The zero-order chi connectivity index (χ0) is 17.0. The molecular weight excluding hydrogens is 296 g/mol. The van der Waals surface area contributed by atoms with Crippen LogP contribution in [0.4, 0.5) is 5.69 Å². The van der Waals surface area contributed by atoms with E-state index in [-0.39, 0.29) is 24.3 Å². The lowest BCUT2D eigenvalue weighted by atomic mass is 10.1. The molecule has 0 heterocycles. The monoisotopic (exact) mass is 318 g/mol. The van der Waals surface area contributed by atoms with Crippen LogP contribution in [0.25, 0.3) is 0 Å². The van der Waals surface area contributed by atoms with Crippen LogP contribution in [0, 0.1) is 11.8 Å². The minimum atomic E-state index is -1.03. The van der Waals surface area contributed by atoms with E-state index in [1.54, 1.807) is 24.3 Å². The fourth-order valence-corrected chi connectivity index (χ4v) is 2.49. The molecule has 2 atom stereocenters. The molecule has 0 spiro atoms. The van der Waals surface area contributed by atoms with Crippen LogP contribution in [-0.4, -0.2) is 40.9 Å². The highest BCUT2D eigenvalue weighted by Gasteiger charge is 2.39. The van der Waals surface area contributed by atoms with Crippen molar-refractivity contribution in [2.24, 2.45) is 11.8 Å². The fourth-order valence-electron chi connectivity index (χ4n) is 2.49. The van der Waals surface area contributed by atoms with Gasteiger partial charge < -0.3 is 15.3 Å². The van der Waals surface area contributed by atoms with E-state index in [9.17, 15) is 14.4 Å². The van der Waals surface area contributed by atoms with Crippen molar-refractivity contribution in [2.45, 2.75) is 26.7 Å². The molecule has 1 aromatic rings. The maximum Gasteiger partial charge on any atom is 0.323 e. The Morgan fingerprint density at radius 2 is 1.87 bits per heavy atom. The van der Waals surface area contributed by atoms with E-state index in [1.165, 1.54) is 4.90 Å². The van der Waals surface area contributed by atoms with Gasteiger partial charge in [-0.05, 0) is 43.0 Å². The van der Waals surface area contributed by atoms with Crippen molar-refractivity contribution in [3.8, 4) is 0 Å². The Morgan fingerprint density at radius 3 is 2.35 bits per heavy atom. The third-order valence-electron chi connectivity index (χ3n) is 3.95. The summed E-state index contributed by atoms with van der Waals surface area (Å²) in [5.41, 5.74) is 1.06. The Hall–Kier alpha value is -2.37. The summed E-state index contributed by atoms with van der Waals surface area (Å²) in [6.45, 7) is 4.00. The highest BCUT2D eigenvalue weighted by molar-refractivity contribution is 5.97. The van der Waals surface area contributed by atoms with Crippen molar-refractivity contribution in [1.82, 2.24) is 4.90 Å². The van der Waals surface area contributed by atoms with E-state index in [0.717, 1.165) is 6.42 Å². The Morgan fingerprint density at radius 1 is 1.26 bits per heavy atom. The zero-order valence-electron chi connectivity index (χ0n) is 13.4. The first-order chi connectivity index (χ1) is 10.9. The van der Waals surface area contributed by atoms with Crippen LogP contribution in [0.2, 0.25) is 0 Å². The number of hydrogen-bond acceptors (Lipinski definition) is 3. The quantitative estimate of drug-likeness (QED) is 0.807. The number of hydrogen-bond donors (Lipinski definition) is 2. The number of benzene rings is 1. The third kappa shape index (κ3) is 4.55. The molecule has 2 rings (SSSR count).